The van der Waals surface area contributed by atoms with Gasteiger partial charge in [-0.1, -0.05) is 34.4 Å². The van der Waals surface area contributed by atoms with Crippen molar-refractivity contribution in [2.45, 2.75) is 44.3 Å². The molecule has 0 N–H and O–H groups in total. The van der Waals surface area contributed by atoms with Gasteiger partial charge in [-0.05, 0) is 56.0 Å². The van der Waals surface area contributed by atoms with Crippen LogP contribution in [0, 0.1) is 17.1 Å². The van der Waals surface area contributed by atoms with Gasteiger partial charge in [-0.15, -0.1) is 0 Å². The lowest BCUT2D eigenvalue weighted by atomic mass is 10.0. The van der Waals surface area contributed by atoms with Crippen LogP contribution >= 0.6 is 23.2 Å². The van der Waals surface area contributed by atoms with E-state index in [0.717, 1.165) is 55.8 Å². The first-order valence-electron chi connectivity index (χ1n) is 11.0. The summed E-state index contributed by atoms with van der Waals surface area (Å²) in [6.07, 6.45) is 3.86. The fourth-order valence-electron chi connectivity index (χ4n) is 4.32. The van der Waals surface area contributed by atoms with E-state index >= 15 is 0 Å². The van der Waals surface area contributed by atoms with Gasteiger partial charge < -0.3 is 14.2 Å². The van der Waals surface area contributed by atoms with Crippen molar-refractivity contribution in [2.24, 2.45) is 0 Å². The number of nitrogens with zero attached hydrogens (tertiary/aromatic N) is 3. The molecule has 2 aliphatic rings. The van der Waals surface area contributed by atoms with Crippen molar-refractivity contribution >= 4 is 28.9 Å². The highest BCUT2D eigenvalue weighted by Crippen LogP contribution is 2.46. The largest absolute Gasteiger partial charge is 0.373 e. The Hall–Kier alpha value is -2.59. The highest BCUT2D eigenvalue weighted by molar-refractivity contribution is 6.39. The molecule has 1 aliphatic heterocycles. The van der Waals surface area contributed by atoms with Crippen molar-refractivity contribution < 1.29 is 13.7 Å². The van der Waals surface area contributed by atoms with Gasteiger partial charge >= 0.3 is 0 Å². The topological polar surface area (TPSA) is 62.3 Å². The molecule has 5 rings (SSSR count). The summed E-state index contributed by atoms with van der Waals surface area (Å²) in [6.45, 7) is 1.87. The molecular formula is C25H22Cl2FN3O2. The summed E-state index contributed by atoms with van der Waals surface area (Å²) in [5, 5.41) is 14.3. The van der Waals surface area contributed by atoms with Gasteiger partial charge in [0.25, 0.3) is 0 Å². The zero-order valence-corrected chi connectivity index (χ0v) is 19.4. The smallest absolute Gasteiger partial charge is 0.145 e. The quantitative estimate of drug-likeness (QED) is 0.387. The van der Waals surface area contributed by atoms with Crippen LogP contribution in [0.1, 0.15) is 48.5 Å². The third-order valence-electron chi connectivity index (χ3n) is 6.31. The molecular weight excluding hydrogens is 464 g/mol. The highest BCUT2D eigenvalue weighted by Gasteiger charge is 2.34. The number of ether oxygens (including phenoxy) is 1. The fraction of sp³-hybridized carbons (Fsp3) is 0.360. The Morgan fingerprint density at radius 2 is 1.85 bits per heavy atom. The lowest BCUT2D eigenvalue weighted by Crippen LogP contribution is -2.37. The van der Waals surface area contributed by atoms with Crippen LogP contribution < -0.4 is 4.90 Å². The summed E-state index contributed by atoms with van der Waals surface area (Å²) in [7, 11) is 0. The lowest BCUT2D eigenvalue weighted by molar-refractivity contribution is 0.0246. The SMILES string of the molecule is N#Cc1ccc(N2CCC(OCc3c(-c4c(Cl)cccc4Cl)noc3C3CC3)CC2)cc1F. The van der Waals surface area contributed by atoms with Crippen LogP contribution in [0.25, 0.3) is 11.3 Å². The standard InChI is InChI=1S/C25H22Cl2FN3O2/c26-20-2-1-3-21(27)23(20)24-19(25(33-30-24)15-4-5-15)14-32-18-8-10-31(11-9-18)17-7-6-16(13-29)22(28)12-17/h1-3,6-7,12,15,18H,4-5,8-11,14H2. The highest BCUT2D eigenvalue weighted by atomic mass is 35.5. The molecule has 1 saturated heterocycles. The second-order valence-corrected chi connectivity index (χ2v) is 9.33. The van der Waals surface area contributed by atoms with Crippen LogP contribution in [-0.2, 0) is 11.3 Å². The summed E-state index contributed by atoms with van der Waals surface area (Å²) < 4.78 is 26.0. The third-order valence-corrected chi connectivity index (χ3v) is 6.94. The summed E-state index contributed by atoms with van der Waals surface area (Å²) in [4.78, 5) is 2.12. The molecule has 170 valence electrons. The lowest BCUT2D eigenvalue weighted by Gasteiger charge is -2.33. The van der Waals surface area contributed by atoms with Crippen molar-refractivity contribution in [3.8, 4) is 17.3 Å². The molecule has 3 aromatic rings. The molecule has 0 radical (unpaired) electrons. The van der Waals surface area contributed by atoms with Gasteiger partial charge in [-0.3, -0.25) is 0 Å². The molecule has 2 fully saturated rings. The molecule has 1 aromatic heterocycles. The zero-order chi connectivity index (χ0) is 22.9. The predicted octanol–water partition coefficient (Wildman–Crippen LogP) is 6.72. The third kappa shape index (κ3) is 4.59. The fourth-order valence-corrected chi connectivity index (χ4v) is 4.90. The van der Waals surface area contributed by atoms with Gasteiger partial charge in [0.2, 0.25) is 0 Å². The van der Waals surface area contributed by atoms with Crippen molar-refractivity contribution in [3.63, 3.8) is 0 Å². The average Bonchev–Trinajstić information content (AvgIpc) is 3.58. The van der Waals surface area contributed by atoms with Crippen LogP contribution in [0.3, 0.4) is 0 Å². The molecule has 1 aliphatic carbocycles. The minimum atomic E-state index is -0.487. The van der Waals surface area contributed by atoms with Crippen LogP contribution in [-0.4, -0.2) is 24.4 Å². The van der Waals surface area contributed by atoms with Gasteiger partial charge in [-0.25, -0.2) is 4.39 Å². The summed E-state index contributed by atoms with van der Waals surface area (Å²) >= 11 is 12.9. The molecule has 0 amide bonds. The first kappa shape index (κ1) is 22.2. The van der Waals surface area contributed by atoms with E-state index in [-0.39, 0.29) is 11.7 Å². The Morgan fingerprint density at radius 1 is 1.12 bits per heavy atom. The van der Waals surface area contributed by atoms with E-state index in [0.29, 0.717) is 33.8 Å². The second-order valence-electron chi connectivity index (χ2n) is 8.52. The number of anilines is 1. The van der Waals surface area contributed by atoms with E-state index in [1.807, 2.05) is 6.07 Å². The molecule has 8 heteroatoms. The van der Waals surface area contributed by atoms with E-state index in [4.69, 9.17) is 37.7 Å². The van der Waals surface area contributed by atoms with Gasteiger partial charge in [0, 0.05) is 35.8 Å². The van der Waals surface area contributed by atoms with Crippen LogP contribution in [0.4, 0.5) is 10.1 Å². The van der Waals surface area contributed by atoms with Crippen molar-refractivity contribution in [1.82, 2.24) is 5.16 Å². The molecule has 1 saturated carbocycles. The van der Waals surface area contributed by atoms with Gasteiger partial charge in [0.15, 0.2) is 0 Å². The number of piperidine rings is 1. The van der Waals surface area contributed by atoms with Gasteiger partial charge in [-0.2, -0.15) is 5.26 Å². The number of hydrogen-bond donors (Lipinski definition) is 0. The van der Waals surface area contributed by atoms with Gasteiger partial charge in [0.1, 0.15) is 23.3 Å². The molecule has 0 unspecified atom stereocenters. The van der Waals surface area contributed by atoms with E-state index in [2.05, 4.69) is 10.1 Å². The first-order chi connectivity index (χ1) is 16.0. The van der Waals surface area contributed by atoms with Crippen LogP contribution in [0.15, 0.2) is 40.9 Å². The number of aromatic nitrogens is 1. The summed E-state index contributed by atoms with van der Waals surface area (Å²) in [5.41, 5.74) is 3.09. The van der Waals surface area contributed by atoms with Crippen molar-refractivity contribution in [2.75, 3.05) is 18.0 Å². The Balaban J connectivity index is 1.28. The molecule has 0 atom stereocenters. The van der Waals surface area contributed by atoms with E-state index in [9.17, 15) is 4.39 Å². The van der Waals surface area contributed by atoms with Crippen LogP contribution in [0.5, 0.6) is 0 Å². The Labute approximate surface area is 201 Å². The van der Waals surface area contributed by atoms with E-state index < -0.39 is 5.82 Å². The number of hydrogen-bond acceptors (Lipinski definition) is 5. The summed E-state index contributed by atoms with van der Waals surface area (Å²) in [5.74, 6) is 0.755. The van der Waals surface area contributed by atoms with Crippen LogP contribution in [0.2, 0.25) is 10.0 Å². The zero-order valence-electron chi connectivity index (χ0n) is 17.9. The monoisotopic (exact) mass is 485 g/mol. The van der Waals surface area contributed by atoms with E-state index in [1.54, 1.807) is 24.3 Å². The molecule has 33 heavy (non-hydrogen) atoms. The minimum absolute atomic E-state index is 0.0617. The molecule has 2 heterocycles. The normalized spacial score (nSPS) is 16.7. The number of rotatable bonds is 6. The average molecular weight is 486 g/mol. The van der Waals surface area contributed by atoms with Gasteiger partial charge in [0.05, 0.1) is 28.3 Å². The maximum atomic E-state index is 14.0. The predicted molar refractivity (Wildman–Crippen MR) is 125 cm³/mol. The first-order valence-corrected chi connectivity index (χ1v) is 11.8. The van der Waals surface area contributed by atoms with Crippen molar-refractivity contribution in [1.29, 1.82) is 5.26 Å². The maximum absolute atomic E-state index is 14.0. The van der Waals surface area contributed by atoms with E-state index in [1.165, 1.54) is 12.1 Å². The minimum Gasteiger partial charge on any atom is -0.373 e. The number of benzene rings is 2. The van der Waals surface area contributed by atoms with Crippen molar-refractivity contribution in [3.05, 3.63) is 69.1 Å². The maximum Gasteiger partial charge on any atom is 0.145 e. The molecule has 2 aromatic carbocycles. The number of halogens is 3. The summed E-state index contributed by atoms with van der Waals surface area (Å²) in [6, 6.07) is 12.0. The number of nitriles is 1. The molecule has 0 bridgehead atoms. The second kappa shape index (κ2) is 9.34. The molecule has 0 spiro atoms. The molecule has 5 nitrogen and oxygen atoms in total. The Kier molecular flexibility index (Phi) is 6.29. The Bertz CT molecular complexity index is 1190. The Morgan fingerprint density at radius 3 is 2.48 bits per heavy atom.